The van der Waals surface area contributed by atoms with Gasteiger partial charge in [0, 0.05) is 62.2 Å². The minimum Gasteiger partial charge on any atom is -0.509 e. The first kappa shape index (κ1) is 34.4. The second-order valence-electron chi connectivity index (χ2n) is 14.3. The summed E-state index contributed by atoms with van der Waals surface area (Å²) in [5.41, 5.74) is 9.69. The van der Waals surface area contributed by atoms with Gasteiger partial charge in [-0.15, -0.1) is 47.0 Å². The van der Waals surface area contributed by atoms with Crippen LogP contribution in [0.4, 0.5) is 17.1 Å². The summed E-state index contributed by atoms with van der Waals surface area (Å²) in [5.74, 6) is 2.07. The van der Waals surface area contributed by atoms with E-state index in [4.69, 9.17) is 9.72 Å². The summed E-state index contributed by atoms with van der Waals surface area (Å²) in [6, 6.07) is 57.8. The first-order chi connectivity index (χ1) is 25.4. The summed E-state index contributed by atoms with van der Waals surface area (Å²) in [6.45, 7) is 9.60. The summed E-state index contributed by atoms with van der Waals surface area (Å²) in [4.78, 5) is 9.34. The fourth-order valence-electron chi connectivity index (χ4n) is 7.08. The van der Waals surface area contributed by atoms with Crippen LogP contribution in [-0.2, 0) is 33.0 Å². The molecule has 53 heavy (non-hydrogen) atoms. The zero-order chi connectivity index (χ0) is 35.2. The van der Waals surface area contributed by atoms with Crippen LogP contribution < -0.4 is 14.5 Å². The number of rotatable bonds is 7. The van der Waals surface area contributed by atoms with Crippen molar-refractivity contribution in [1.82, 2.24) is 9.55 Å². The molecule has 1 aliphatic heterocycles. The molecule has 0 spiro atoms. The molecule has 0 aliphatic carbocycles. The van der Waals surface area contributed by atoms with Crippen molar-refractivity contribution in [2.45, 2.75) is 32.7 Å². The molecular weight excluding hydrogens is 832 g/mol. The summed E-state index contributed by atoms with van der Waals surface area (Å²) >= 11 is 0. The van der Waals surface area contributed by atoms with E-state index in [-0.39, 0.29) is 26.5 Å². The van der Waals surface area contributed by atoms with Crippen LogP contribution in [0, 0.1) is 18.8 Å². The molecule has 264 valence electrons. The van der Waals surface area contributed by atoms with Gasteiger partial charge in [0.05, 0.1) is 0 Å². The number of pyridine rings is 1. The third-order valence-electron chi connectivity index (χ3n) is 9.72. The molecule has 0 saturated heterocycles. The Morgan fingerprint density at radius 2 is 1.38 bits per heavy atom. The molecule has 3 heterocycles. The first-order valence-electron chi connectivity index (χ1n) is 17.7. The van der Waals surface area contributed by atoms with Gasteiger partial charge >= 0.3 is 0 Å². The number of hydrogen-bond donors (Lipinski definition) is 0. The number of anilines is 3. The summed E-state index contributed by atoms with van der Waals surface area (Å²) in [6.07, 6.45) is 1.90. The minimum absolute atomic E-state index is 0. The Hall–Kier alpha value is -5.64. The first-order valence-corrected chi connectivity index (χ1v) is 17.7. The van der Waals surface area contributed by atoms with Crippen LogP contribution in [0.1, 0.15) is 31.9 Å². The molecule has 5 nitrogen and oxygen atoms in total. The van der Waals surface area contributed by atoms with E-state index in [2.05, 4.69) is 187 Å². The van der Waals surface area contributed by atoms with Gasteiger partial charge in [-0.25, -0.2) is 4.98 Å². The molecule has 1 aliphatic rings. The molecule has 8 aromatic rings. The van der Waals surface area contributed by atoms with Gasteiger partial charge in [0.2, 0.25) is 0 Å². The fraction of sp³-hybridized carbons (Fsp3) is 0.106. The van der Waals surface area contributed by atoms with E-state index in [0.29, 0.717) is 11.5 Å². The van der Waals surface area contributed by atoms with Crippen molar-refractivity contribution in [2.75, 3.05) is 9.80 Å². The third kappa shape index (κ3) is 6.62. The minimum atomic E-state index is -0.0163. The van der Waals surface area contributed by atoms with Crippen molar-refractivity contribution >= 4 is 38.9 Å². The second-order valence-corrected chi connectivity index (χ2v) is 14.3. The standard InChI is InChI=1S/C47H37N4O.Pt/c1-47(2,3)36-24-25-48-46(28-36)51-42-19-11-10-18-40(42)41-23-22-38(30-45(41)51)52-39-27-35(34-16-8-5-9-17-34)26-37(29-39)50-32-49(31-33-14-6-4-7-15-33)43-20-12-13-21-44(43)50;/h4-28,32H,31H2,1-3H3;/q-3;. The average Bonchev–Trinajstić information content (AvgIpc) is 3.70. The Bertz CT molecular complexity index is 2560. The van der Waals surface area contributed by atoms with Gasteiger partial charge in [-0.2, -0.15) is 12.7 Å². The van der Waals surface area contributed by atoms with Gasteiger partial charge in [0.1, 0.15) is 5.82 Å². The van der Waals surface area contributed by atoms with Crippen molar-refractivity contribution < 1.29 is 25.8 Å². The fourth-order valence-corrected chi connectivity index (χ4v) is 7.08. The maximum Gasteiger partial charge on any atom is 0.135 e. The molecular formula is C47H37N4OPt-3. The van der Waals surface area contributed by atoms with Crippen molar-refractivity contribution in [3.63, 3.8) is 0 Å². The summed E-state index contributed by atoms with van der Waals surface area (Å²) in [5, 5.41) is 2.24. The van der Waals surface area contributed by atoms with E-state index >= 15 is 0 Å². The molecule has 0 atom stereocenters. The Morgan fingerprint density at radius 3 is 2.17 bits per heavy atom. The van der Waals surface area contributed by atoms with Crippen LogP contribution in [0.25, 0.3) is 38.8 Å². The number of aromatic nitrogens is 2. The summed E-state index contributed by atoms with van der Waals surface area (Å²) in [7, 11) is 0. The molecule has 9 rings (SSSR count). The SMILES string of the molecule is CC(C)(C)c1ccnc(-n2c3[c-]c(Oc4[c-]c(N5[CH-]N(Cc6ccccc6)c6ccccc65)cc(-c5ccccc5)c4)ccc3c3ccccc32)c1.[Pt]. The number of fused-ring (bicyclic) bond motifs is 4. The Morgan fingerprint density at radius 1 is 0.660 bits per heavy atom. The molecule has 0 radical (unpaired) electrons. The predicted molar refractivity (Wildman–Crippen MR) is 212 cm³/mol. The Balaban J connectivity index is 0.00000400. The van der Waals surface area contributed by atoms with E-state index in [1.54, 1.807) is 0 Å². The zero-order valence-corrected chi connectivity index (χ0v) is 32.0. The zero-order valence-electron chi connectivity index (χ0n) is 29.7. The van der Waals surface area contributed by atoms with E-state index in [1.165, 1.54) is 11.1 Å². The maximum absolute atomic E-state index is 6.73. The molecule has 2 aromatic heterocycles. The number of para-hydroxylation sites is 3. The number of nitrogens with zero attached hydrogens (tertiary/aromatic N) is 4. The molecule has 0 fully saturated rings. The molecule has 6 heteroatoms. The molecule has 0 saturated carbocycles. The van der Waals surface area contributed by atoms with Gasteiger partial charge in [-0.1, -0.05) is 117 Å². The Kier molecular flexibility index (Phi) is 9.14. The van der Waals surface area contributed by atoms with Gasteiger partial charge in [-0.3, -0.25) is 0 Å². The summed E-state index contributed by atoms with van der Waals surface area (Å²) < 4.78 is 8.92. The van der Waals surface area contributed by atoms with Crippen molar-refractivity contribution in [2.24, 2.45) is 0 Å². The molecule has 0 unspecified atom stereocenters. The van der Waals surface area contributed by atoms with Crippen molar-refractivity contribution in [3.05, 3.63) is 182 Å². The van der Waals surface area contributed by atoms with Crippen LogP contribution in [0.5, 0.6) is 11.5 Å². The van der Waals surface area contributed by atoms with Crippen molar-refractivity contribution in [3.8, 4) is 28.4 Å². The van der Waals surface area contributed by atoms with E-state index in [0.717, 1.165) is 62.4 Å². The van der Waals surface area contributed by atoms with Gasteiger partial charge in [0.25, 0.3) is 0 Å². The molecule has 0 bridgehead atoms. The average molecular weight is 869 g/mol. The van der Waals surface area contributed by atoms with Gasteiger partial charge in [-0.05, 0) is 57.8 Å². The van der Waals surface area contributed by atoms with Crippen LogP contribution in [0.2, 0.25) is 0 Å². The largest absolute Gasteiger partial charge is 0.509 e. The quantitative estimate of drug-likeness (QED) is 0.149. The topological polar surface area (TPSA) is 33.5 Å². The second kappa shape index (κ2) is 14.1. The van der Waals surface area contributed by atoms with Crippen LogP contribution >= 0.6 is 0 Å². The van der Waals surface area contributed by atoms with Gasteiger partial charge in [0.15, 0.2) is 0 Å². The van der Waals surface area contributed by atoms with Crippen LogP contribution in [-0.4, -0.2) is 9.55 Å². The Labute approximate surface area is 325 Å². The number of hydrogen-bond acceptors (Lipinski definition) is 4. The molecule has 6 aromatic carbocycles. The monoisotopic (exact) mass is 868 g/mol. The predicted octanol–water partition coefficient (Wildman–Crippen LogP) is 11.8. The smallest absolute Gasteiger partial charge is 0.135 e. The molecule has 0 amide bonds. The number of benzene rings is 6. The van der Waals surface area contributed by atoms with E-state index in [9.17, 15) is 0 Å². The van der Waals surface area contributed by atoms with Gasteiger partial charge < -0.3 is 19.1 Å². The third-order valence-corrected chi connectivity index (χ3v) is 9.72. The number of ether oxygens (including phenoxy) is 1. The van der Waals surface area contributed by atoms with E-state index in [1.807, 2.05) is 18.3 Å². The molecule has 0 N–H and O–H groups in total. The van der Waals surface area contributed by atoms with E-state index < -0.39 is 0 Å². The van der Waals surface area contributed by atoms with Crippen LogP contribution in [0.3, 0.4) is 0 Å². The maximum atomic E-state index is 6.73. The van der Waals surface area contributed by atoms with Crippen LogP contribution in [0.15, 0.2) is 152 Å². The van der Waals surface area contributed by atoms with Crippen molar-refractivity contribution in [1.29, 1.82) is 0 Å². The normalized spacial score (nSPS) is 12.6.